The Balaban J connectivity index is 2.26. The molecule has 3 heteroatoms. The molecule has 1 unspecified atom stereocenters. The van der Waals surface area contributed by atoms with Crippen LogP contribution in [0.25, 0.3) is 0 Å². The maximum atomic E-state index is 11.7. The molecule has 2 N–H and O–H groups in total. The minimum Gasteiger partial charge on any atom is -0.342 e. The summed E-state index contributed by atoms with van der Waals surface area (Å²) in [5.74, 6) is 0.937. The van der Waals surface area contributed by atoms with Gasteiger partial charge in [0.25, 0.3) is 0 Å². The third kappa shape index (κ3) is 3.78. The molecule has 94 valence electrons. The number of carbonyl (C=O) groups excluding carboxylic acids is 1. The van der Waals surface area contributed by atoms with E-state index < -0.39 is 0 Å². The Morgan fingerprint density at radius 2 is 2.19 bits per heavy atom. The number of carbonyl (C=O) groups is 1. The standard InChI is InChI=1S/C13H26N2O/c1-4-11-8-12(16)15(9-11)7-5-6-13(2,3)10-14/h11H,4-10,14H2,1-3H3. The molecule has 1 rings (SSSR count). The molecule has 1 atom stereocenters. The third-order valence-corrected chi connectivity index (χ3v) is 3.71. The number of hydrogen-bond donors (Lipinski definition) is 1. The Labute approximate surface area is 99.4 Å². The van der Waals surface area contributed by atoms with Crippen molar-refractivity contribution >= 4 is 5.91 Å². The SMILES string of the molecule is CCC1CC(=O)N(CCCC(C)(C)CN)C1. The average Bonchev–Trinajstić information content (AvgIpc) is 2.60. The molecule has 1 amide bonds. The van der Waals surface area contributed by atoms with Crippen LogP contribution in [0.1, 0.15) is 46.5 Å². The fourth-order valence-corrected chi connectivity index (χ4v) is 2.19. The van der Waals surface area contributed by atoms with Crippen LogP contribution in [0, 0.1) is 11.3 Å². The highest BCUT2D eigenvalue weighted by atomic mass is 16.2. The van der Waals surface area contributed by atoms with Gasteiger partial charge in [0.1, 0.15) is 0 Å². The van der Waals surface area contributed by atoms with E-state index in [2.05, 4.69) is 20.8 Å². The van der Waals surface area contributed by atoms with Gasteiger partial charge in [-0.2, -0.15) is 0 Å². The molecular weight excluding hydrogens is 200 g/mol. The first-order chi connectivity index (χ1) is 7.48. The highest BCUT2D eigenvalue weighted by molar-refractivity contribution is 5.78. The third-order valence-electron chi connectivity index (χ3n) is 3.71. The predicted molar refractivity (Wildman–Crippen MR) is 67.0 cm³/mol. The van der Waals surface area contributed by atoms with Gasteiger partial charge < -0.3 is 10.6 Å². The lowest BCUT2D eigenvalue weighted by Gasteiger charge is -2.24. The van der Waals surface area contributed by atoms with E-state index in [1.54, 1.807) is 0 Å². The number of rotatable bonds is 6. The highest BCUT2D eigenvalue weighted by Crippen LogP contribution is 2.24. The molecule has 1 fully saturated rings. The quantitative estimate of drug-likeness (QED) is 0.753. The maximum absolute atomic E-state index is 11.7. The zero-order chi connectivity index (χ0) is 12.2. The second-order valence-electron chi connectivity index (χ2n) is 5.79. The van der Waals surface area contributed by atoms with Crippen molar-refractivity contribution in [3.05, 3.63) is 0 Å². The van der Waals surface area contributed by atoms with Gasteiger partial charge >= 0.3 is 0 Å². The van der Waals surface area contributed by atoms with Crippen LogP contribution in [0.3, 0.4) is 0 Å². The summed E-state index contributed by atoms with van der Waals surface area (Å²) in [7, 11) is 0. The van der Waals surface area contributed by atoms with E-state index >= 15 is 0 Å². The van der Waals surface area contributed by atoms with Gasteiger partial charge in [0, 0.05) is 19.5 Å². The Bertz CT molecular complexity index is 238. The Morgan fingerprint density at radius 1 is 1.50 bits per heavy atom. The molecular formula is C13H26N2O. The van der Waals surface area contributed by atoms with Crippen molar-refractivity contribution < 1.29 is 4.79 Å². The van der Waals surface area contributed by atoms with Crippen molar-refractivity contribution in [3.8, 4) is 0 Å². The molecule has 0 aromatic rings. The highest BCUT2D eigenvalue weighted by Gasteiger charge is 2.28. The molecule has 0 bridgehead atoms. The molecule has 1 heterocycles. The Morgan fingerprint density at radius 3 is 2.69 bits per heavy atom. The van der Waals surface area contributed by atoms with Crippen LogP contribution in [0.2, 0.25) is 0 Å². The monoisotopic (exact) mass is 226 g/mol. The zero-order valence-electron chi connectivity index (χ0n) is 11.0. The van der Waals surface area contributed by atoms with Crippen molar-refractivity contribution in [1.29, 1.82) is 0 Å². The number of nitrogens with zero attached hydrogens (tertiary/aromatic N) is 1. The van der Waals surface area contributed by atoms with Gasteiger partial charge in [-0.05, 0) is 30.7 Å². The van der Waals surface area contributed by atoms with Crippen LogP contribution in [0.15, 0.2) is 0 Å². The van der Waals surface area contributed by atoms with Crippen LogP contribution in [0.4, 0.5) is 0 Å². The van der Waals surface area contributed by atoms with E-state index in [1.165, 1.54) is 0 Å². The predicted octanol–water partition coefficient (Wildman–Crippen LogP) is 2.01. The van der Waals surface area contributed by atoms with Crippen molar-refractivity contribution in [1.82, 2.24) is 4.90 Å². The van der Waals surface area contributed by atoms with Crippen LogP contribution < -0.4 is 5.73 Å². The van der Waals surface area contributed by atoms with Gasteiger partial charge in [-0.3, -0.25) is 4.79 Å². The van der Waals surface area contributed by atoms with Gasteiger partial charge in [0.2, 0.25) is 5.91 Å². The lowest BCUT2D eigenvalue weighted by atomic mass is 9.88. The molecule has 0 spiro atoms. The van der Waals surface area contributed by atoms with Crippen molar-refractivity contribution in [2.75, 3.05) is 19.6 Å². The molecule has 0 radical (unpaired) electrons. The lowest BCUT2D eigenvalue weighted by Crippen LogP contribution is -2.29. The summed E-state index contributed by atoms with van der Waals surface area (Å²) >= 11 is 0. The van der Waals surface area contributed by atoms with Gasteiger partial charge in [0.15, 0.2) is 0 Å². The molecule has 16 heavy (non-hydrogen) atoms. The Kier molecular flexibility index (Phi) is 4.78. The number of hydrogen-bond acceptors (Lipinski definition) is 2. The first-order valence-corrected chi connectivity index (χ1v) is 6.46. The van der Waals surface area contributed by atoms with E-state index in [4.69, 9.17) is 5.73 Å². The first kappa shape index (κ1) is 13.5. The summed E-state index contributed by atoms with van der Waals surface area (Å²) in [4.78, 5) is 13.7. The van der Waals surface area contributed by atoms with Gasteiger partial charge in [-0.15, -0.1) is 0 Å². The van der Waals surface area contributed by atoms with Crippen LogP contribution in [0.5, 0.6) is 0 Å². The van der Waals surface area contributed by atoms with E-state index in [1.807, 2.05) is 4.90 Å². The Hall–Kier alpha value is -0.570. The minimum atomic E-state index is 0.215. The van der Waals surface area contributed by atoms with Crippen LogP contribution in [-0.4, -0.2) is 30.4 Å². The summed E-state index contributed by atoms with van der Waals surface area (Å²) in [5, 5.41) is 0. The zero-order valence-corrected chi connectivity index (χ0v) is 11.0. The van der Waals surface area contributed by atoms with Gasteiger partial charge in [0.05, 0.1) is 0 Å². The van der Waals surface area contributed by atoms with Crippen LogP contribution >= 0.6 is 0 Å². The van der Waals surface area contributed by atoms with E-state index in [9.17, 15) is 4.79 Å². The number of nitrogens with two attached hydrogens (primary N) is 1. The van der Waals surface area contributed by atoms with Crippen molar-refractivity contribution in [3.63, 3.8) is 0 Å². The summed E-state index contributed by atoms with van der Waals surface area (Å²) in [6.45, 7) is 9.15. The minimum absolute atomic E-state index is 0.215. The fraction of sp³-hybridized carbons (Fsp3) is 0.923. The van der Waals surface area contributed by atoms with E-state index in [0.717, 1.165) is 45.3 Å². The second kappa shape index (κ2) is 5.67. The largest absolute Gasteiger partial charge is 0.342 e. The van der Waals surface area contributed by atoms with E-state index in [0.29, 0.717) is 11.8 Å². The van der Waals surface area contributed by atoms with Gasteiger partial charge in [-0.1, -0.05) is 27.2 Å². The number of amides is 1. The maximum Gasteiger partial charge on any atom is 0.222 e. The second-order valence-corrected chi connectivity index (χ2v) is 5.79. The van der Waals surface area contributed by atoms with Gasteiger partial charge in [-0.25, -0.2) is 0 Å². The average molecular weight is 226 g/mol. The number of likely N-dealkylation sites (tertiary alicyclic amines) is 1. The molecule has 0 aliphatic carbocycles. The van der Waals surface area contributed by atoms with Crippen molar-refractivity contribution in [2.24, 2.45) is 17.1 Å². The fourth-order valence-electron chi connectivity index (χ4n) is 2.19. The van der Waals surface area contributed by atoms with E-state index in [-0.39, 0.29) is 5.41 Å². The summed E-state index contributed by atoms with van der Waals surface area (Å²) in [6, 6.07) is 0. The molecule has 3 nitrogen and oxygen atoms in total. The smallest absolute Gasteiger partial charge is 0.222 e. The molecule has 1 aliphatic rings. The van der Waals surface area contributed by atoms with Crippen molar-refractivity contribution in [2.45, 2.75) is 46.5 Å². The summed E-state index contributed by atoms with van der Waals surface area (Å²) < 4.78 is 0. The summed E-state index contributed by atoms with van der Waals surface area (Å²) in [5.41, 5.74) is 5.91. The molecule has 0 aromatic carbocycles. The lowest BCUT2D eigenvalue weighted by molar-refractivity contribution is -0.127. The summed E-state index contributed by atoms with van der Waals surface area (Å²) in [6.07, 6.45) is 4.06. The molecule has 0 aromatic heterocycles. The molecule has 0 saturated carbocycles. The normalized spacial score (nSPS) is 21.9. The van der Waals surface area contributed by atoms with Crippen LogP contribution in [-0.2, 0) is 4.79 Å². The topological polar surface area (TPSA) is 46.3 Å². The molecule has 1 aliphatic heterocycles. The first-order valence-electron chi connectivity index (χ1n) is 6.46. The molecule has 1 saturated heterocycles.